The van der Waals surface area contributed by atoms with Gasteiger partial charge >= 0.3 is 0 Å². The van der Waals surface area contributed by atoms with Crippen molar-refractivity contribution in [1.82, 2.24) is 10.2 Å². The molecule has 0 bridgehead atoms. The number of nitrogens with zero attached hydrogens (tertiary/aromatic N) is 3. The molecule has 0 fully saturated rings. The summed E-state index contributed by atoms with van der Waals surface area (Å²) in [5.74, 6) is 1.06. The van der Waals surface area contributed by atoms with Crippen molar-refractivity contribution in [1.29, 1.82) is 0 Å². The van der Waals surface area contributed by atoms with Crippen LogP contribution in [0.2, 0.25) is 10.0 Å². The number of aromatic hydroxyl groups is 1. The lowest BCUT2D eigenvalue weighted by Gasteiger charge is -2.08. The standard InChI is InChI=1S/C17H18Cl2N6O/c1-3-21-12-7-13(20)25(4-2)17-14(12)16(23-24-17)22-8-9-5-10(18)6-11(19)15(9)26/h5-8H,3-4H2,1-2H3,(H4,20,21,22,23,24,26)/p+1. The molecule has 136 valence electrons. The zero-order chi connectivity index (χ0) is 18.8. The fraction of sp³-hybridized carbons (Fsp3) is 0.235. The molecule has 2 heterocycles. The van der Waals surface area contributed by atoms with Crippen LogP contribution < -0.4 is 15.6 Å². The van der Waals surface area contributed by atoms with Crippen molar-refractivity contribution >= 4 is 57.8 Å². The summed E-state index contributed by atoms with van der Waals surface area (Å²) in [4.78, 5) is 4.44. The number of pyridine rings is 1. The van der Waals surface area contributed by atoms with E-state index in [9.17, 15) is 5.11 Å². The summed E-state index contributed by atoms with van der Waals surface area (Å²) in [6.45, 7) is 5.39. The van der Waals surface area contributed by atoms with E-state index in [1.54, 1.807) is 6.07 Å². The van der Waals surface area contributed by atoms with Crippen LogP contribution in [0.25, 0.3) is 11.0 Å². The molecule has 5 N–H and O–H groups in total. The number of H-pyrrole nitrogens is 1. The predicted molar refractivity (Wildman–Crippen MR) is 106 cm³/mol. The Labute approximate surface area is 160 Å². The highest BCUT2D eigenvalue weighted by Gasteiger charge is 2.20. The molecular formula is C17H19Cl2N6O+. The highest BCUT2D eigenvalue weighted by atomic mass is 35.5. The maximum atomic E-state index is 10.1. The number of rotatable bonds is 5. The molecule has 9 heteroatoms. The summed E-state index contributed by atoms with van der Waals surface area (Å²) >= 11 is 12.0. The molecule has 0 atom stereocenters. The van der Waals surface area contributed by atoms with Gasteiger partial charge in [0.25, 0.3) is 5.65 Å². The van der Waals surface area contributed by atoms with Crippen LogP contribution in [0.1, 0.15) is 19.4 Å². The number of aromatic amines is 1. The molecular weight excluding hydrogens is 375 g/mol. The van der Waals surface area contributed by atoms with Crippen LogP contribution in [0, 0.1) is 0 Å². The van der Waals surface area contributed by atoms with Gasteiger partial charge in [0.05, 0.1) is 17.3 Å². The number of halogens is 2. The molecule has 3 rings (SSSR count). The zero-order valence-electron chi connectivity index (χ0n) is 14.3. The number of aromatic nitrogens is 3. The molecule has 26 heavy (non-hydrogen) atoms. The zero-order valence-corrected chi connectivity index (χ0v) is 15.9. The molecule has 0 saturated heterocycles. The SMILES string of the molecule is CCNc1cc(N)[n+](CC)c2n[nH]c(N=Cc3cc(Cl)cc(Cl)c3O)c12. The van der Waals surface area contributed by atoms with E-state index in [1.165, 1.54) is 12.3 Å². The fourth-order valence-corrected chi connectivity index (χ4v) is 3.27. The molecule has 0 aliphatic heterocycles. The number of benzene rings is 1. The van der Waals surface area contributed by atoms with Crippen LogP contribution in [0.4, 0.5) is 17.3 Å². The number of nitrogens with two attached hydrogens (primary N) is 1. The monoisotopic (exact) mass is 393 g/mol. The minimum Gasteiger partial charge on any atom is -0.506 e. The topological polar surface area (TPSA) is 103 Å². The number of aryl methyl sites for hydroxylation is 1. The summed E-state index contributed by atoms with van der Waals surface area (Å²) in [7, 11) is 0. The number of phenols is 1. The van der Waals surface area contributed by atoms with E-state index in [0.29, 0.717) is 34.4 Å². The van der Waals surface area contributed by atoms with Gasteiger partial charge in [0.15, 0.2) is 5.82 Å². The van der Waals surface area contributed by atoms with Crippen molar-refractivity contribution < 1.29 is 9.67 Å². The van der Waals surface area contributed by atoms with Crippen LogP contribution in [0.3, 0.4) is 0 Å². The first-order chi connectivity index (χ1) is 12.5. The number of nitrogens with one attached hydrogen (secondary N) is 2. The van der Waals surface area contributed by atoms with Gasteiger partial charge in [-0.15, -0.1) is 0 Å². The molecule has 0 radical (unpaired) electrons. The van der Waals surface area contributed by atoms with Gasteiger partial charge in [0.1, 0.15) is 11.1 Å². The van der Waals surface area contributed by atoms with Crippen molar-refractivity contribution in [2.75, 3.05) is 17.6 Å². The largest absolute Gasteiger partial charge is 0.506 e. The first kappa shape index (κ1) is 18.3. The Bertz CT molecular complexity index is 999. The number of fused-ring (bicyclic) bond motifs is 1. The fourth-order valence-electron chi connectivity index (χ4n) is 2.76. The number of phenolic OH excluding ortho intramolecular Hbond substituents is 1. The van der Waals surface area contributed by atoms with Gasteiger partial charge in [-0.2, -0.15) is 5.10 Å². The Kier molecular flexibility index (Phi) is 5.20. The van der Waals surface area contributed by atoms with Crippen LogP contribution >= 0.6 is 23.2 Å². The van der Waals surface area contributed by atoms with Crippen LogP contribution in [0.15, 0.2) is 23.2 Å². The molecule has 7 nitrogen and oxygen atoms in total. The van der Waals surface area contributed by atoms with Crippen molar-refractivity contribution in [3.05, 3.63) is 33.8 Å². The van der Waals surface area contributed by atoms with E-state index >= 15 is 0 Å². The molecule has 0 unspecified atom stereocenters. The minimum absolute atomic E-state index is 0.0802. The Balaban J connectivity index is 2.14. The second-order valence-corrected chi connectivity index (χ2v) is 6.46. The number of hydrogen-bond donors (Lipinski definition) is 4. The lowest BCUT2D eigenvalue weighted by Crippen LogP contribution is -2.37. The van der Waals surface area contributed by atoms with Gasteiger partial charge in [-0.25, -0.2) is 9.56 Å². The third-order valence-electron chi connectivity index (χ3n) is 3.93. The van der Waals surface area contributed by atoms with Gasteiger partial charge in [-0.3, -0.25) is 0 Å². The van der Waals surface area contributed by atoms with E-state index in [2.05, 4.69) is 20.5 Å². The van der Waals surface area contributed by atoms with Crippen LogP contribution in [-0.2, 0) is 6.54 Å². The molecule has 0 amide bonds. The van der Waals surface area contributed by atoms with Gasteiger partial charge in [-0.1, -0.05) is 23.2 Å². The summed E-state index contributed by atoms with van der Waals surface area (Å²) in [5.41, 5.74) is 8.07. The van der Waals surface area contributed by atoms with Crippen molar-refractivity contribution in [3.63, 3.8) is 0 Å². The van der Waals surface area contributed by atoms with Crippen LogP contribution in [0.5, 0.6) is 5.75 Å². The molecule has 3 aromatic rings. The second-order valence-electron chi connectivity index (χ2n) is 5.61. The minimum atomic E-state index is -0.0802. The van der Waals surface area contributed by atoms with E-state index in [1.807, 2.05) is 24.5 Å². The number of anilines is 2. The summed E-state index contributed by atoms with van der Waals surface area (Å²) in [5, 5.41) is 22.0. The molecule has 0 aliphatic carbocycles. The Morgan fingerprint density at radius 3 is 2.81 bits per heavy atom. The molecule has 2 aromatic heterocycles. The number of hydrogen-bond acceptors (Lipinski definition) is 5. The molecule has 0 saturated carbocycles. The third-order valence-corrected chi connectivity index (χ3v) is 4.44. The Morgan fingerprint density at radius 1 is 1.35 bits per heavy atom. The maximum absolute atomic E-state index is 10.1. The lowest BCUT2D eigenvalue weighted by atomic mass is 10.2. The average Bonchev–Trinajstić information content (AvgIpc) is 3.01. The van der Waals surface area contributed by atoms with Crippen LogP contribution in [-0.4, -0.2) is 28.1 Å². The summed E-state index contributed by atoms with van der Waals surface area (Å²) < 4.78 is 1.89. The molecule has 1 aromatic carbocycles. The number of nitrogen functional groups attached to an aromatic ring is 1. The summed E-state index contributed by atoms with van der Waals surface area (Å²) in [6, 6.07) is 4.91. The van der Waals surface area contributed by atoms with Crippen molar-refractivity contribution in [3.8, 4) is 5.75 Å². The quantitative estimate of drug-likeness (QED) is 0.392. The highest BCUT2D eigenvalue weighted by molar-refractivity contribution is 6.36. The third kappa shape index (κ3) is 3.27. The van der Waals surface area contributed by atoms with Gasteiger partial charge in [0.2, 0.25) is 5.82 Å². The molecule has 0 spiro atoms. The van der Waals surface area contributed by atoms with Crippen molar-refractivity contribution in [2.45, 2.75) is 20.4 Å². The smallest absolute Gasteiger partial charge is 0.299 e. The molecule has 0 aliphatic rings. The highest BCUT2D eigenvalue weighted by Crippen LogP contribution is 2.32. The Morgan fingerprint density at radius 2 is 2.12 bits per heavy atom. The first-order valence-corrected chi connectivity index (χ1v) is 8.88. The number of aliphatic imine (C=N–C) groups is 1. The predicted octanol–water partition coefficient (Wildman–Crippen LogP) is 3.65. The summed E-state index contributed by atoms with van der Waals surface area (Å²) in [6.07, 6.45) is 1.49. The van der Waals surface area contributed by atoms with E-state index in [4.69, 9.17) is 28.9 Å². The Hall–Kier alpha value is -2.51. The van der Waals surface area contributed by atoms with Gasteiger partial charge in [-0.05, 0) is 31.1 Å². The second kappa shape index (κ2) is 7.39. The van der Waals surface area contributed by atoms with Gasteiger partial charge < -0.3 is 16.2 Å². The normalized spacial score (nSPS) is 11.5. The van der Waals surface area contributed by atoms with E-state index in [0.717, 1.165) is 17.6 Å². The lowest BCUT2D eigenvalue weighted by molar-refractivity contribution is -0.655. The van der Waals surface area contributed by atoms with Crippen molar-refractivity contribution in [2.24, 2.45) is 4.99 Å². The van der Waals surface area contributed by atoms with Gasteiger partial charge in [0, 0.05) is 29.4 Å². The average molecular weight is 394 g/mol. The first-order valence-electron chi connectivity index (χ1n) is 8.12. The maximum Gasteiger partial charge on any atom is 0.299 e. The van der Waals surface area contributed by atoms with E-state index < -0.39 is 0 Å². The van der Waals surface area contributed by atoms with E-state index in [-0.39, 0.29) is 10.8 Å².